The first kappa shape index (κ1) is 14.1. The molecule has 0 atom stereocenters. The predicted molar refractivity (Wildman–Crippen MR) is 73.1 cm³/mol. The van der Waals surface area contributed by atoms with Gasteiger partial charge in [0.2, 0.25) is 0 Å². The van der Waals surface area contributed by atoms with Gasteiger partial charge in [0.1, 0.15) is 5.82 Å². The fraction of sp³-hybridized carbons (Fsp3) is 0.462. The molecule has 7 nitrogen and oxygen atoms in total. The third kappa shape index (κ3) is 2.98. The van der Waals surface area contributed by atoms with Crippen molar-refractivity contribution >= 4 is 5.91 Å². The zero-order valence-corrected chi connectivity index (χ0v) is 12.1. The molecule has 2 aromatic rings. The van der Waals surface area contributed by atoms with Crippen LogP contribution >= 0.6 is 0 Å². The van der Waals surface area contributed by atoms with Crippen molar-refractivity contribution in [3.63, 3.8) is 0 Å². The van der Waals surface area contributed by atoms with Crippen molar-refractivity contribution in [3.05, 3.63) is 34.7 Å². The number of amides is 1. The summed E-state index contributed by atoms with van der Waals surface area (Å²) in [6, 6.07) is 1.77. The minimum Gasteiger partial charge on any atom is -0.334 e. The normalized spacial score (nSPS) is 10.6. The molecule has 0 saturated carbocycles. The Hall–Kier alpha value is -2.31. The van der Waals surface area contributed by atoms with Crippen LogP contribution in [0.15, 0.2) is 6.07 Å². The monoisotopic (exact) mass is 274 g/mol. The van der Waals surface area contributed by atoms with Gasteiger partial charge in [-0.2, -0.15) is 15.3 Å². The summed E-state index contributed by atoms with van der Waals surface area (Å²) in [4.78, 5) is 18.3. The van der Waals surface area contributed by atoms with Gasteiger partial charge in [-0.3, -0.25) is 9.89 Å². The van der Waals surface area contributed by atoms with Gasteiger partial charge in [0, 0.05) is 7.05 Å². The Balaban J connectivity index is 2.20. The van der Waals surface area contributed by atoms with Crippen molar-refractivity contribution in [3.8, 4) is 0 Å². The van der Waals surface area contributed by atoms with Gasteiger partial charge in [0.05, 0.1) is 23.5 Å². The highest BCUT2D eigenvalue weighted by Gasteiger charge is 2.18. The van der Waals surface area contributed by atoms with E-state index in [1.54, 1.807) is 18.0 Å². The van der Waals surface area contributed by atoms with Gasteiger partial charge in [0.15, 0.2) is 5.82 Å². The average Bonchev–Trinajstić information content (AvgIpc) is 2.83. The number of aryl methyl sites for hydroxylation is 3. The maximum absolute atomic E-state index is 12.5. The fourth-order valence-corrected chi connectivity index (χ4v) is 1.91. The number of nitrogens with zero attached hydrogens (tertiary/aromatic N) is 5. The van der Waals surface area contributed by atoms with Crippen LogP contribution in [0.25, 0.3) is 0 Å². The van der Waals surface area contributed by atoms with Crippen LogP contribution in [0.5, 0.6) is 0 Å². The first-order chi connectivity index (χ1) is 9.51. The first-order valence-electron chi connectivity index (χ1n) is 6.47. The standard InChI is InChI=1S/C13H18N6O/c1-5-11-10(6-8(2)15-17-11)13(20)19(4)7-12-14-9(3)16-18-12/h6H,5,7H2,1-4H3,(H,14,16,18). The molecule has 0 bridgehead atoms. The van der Waals surface area contributed by atoms with Gasteiger partial charge in [-0.1, -0.05) is 6.92 Å². The van der Waals surface area contributed by atoms with Crippen LogP contribution in [-0.4, -0.2) is 43.2 Å². The molecule has 2 heterocycles. The van der Waals surface area contributed by atoms with E-state index in [4.69, 9.17) is 0 Å². The molecular formula is C13H18N6O. The number of hydrogen-bond donors (Lipinski definition) is 1. The van der Waals surface area contributed by atoms with Crippen LogP contribution in [0.4, 0.5) is 0 Å². The largest absolute Gasteiger partial charge is 0.334 e. The summed E-state index contributed by atoms with van der Waals surface area (Å²) in [5.41, 5.74) is 2.03. The third-order valence-corrected chi connectivity index (χ3v) is 2.93. The molecule has 106 valence electrons. The lowest BCUT2D eigenvalue weighted by molar-refractivity contribution is 0.0779. The minimum absolute atomic E-state index is 0.0951. The summed E-state index contributed by atoms with van der Waals surface area (Å²) in [6.07, 6.45) is 0.669. The van der Waals surface area contributed by atoms with Gasteiger partial charge >= 0.3 is 0 Å². The summed E-state index contributed by atoms with van der Waals surface area (Å²) in [7, 11) is 1.73. The maximum atomic E-state index is 12.5. The second-order valence-corrected chi connectivity index (χ2v) is 4.70. The Morgan fingerprint density at radius 2 is 2.10 bits per heavy atom. The van der Waals surface area contributed by atoms with E-state index in [9.17, 15) is 4.79 Å². The second-order valence-electron chi connectivity index (χ2n) is 4.70. The molecule has 0 aliphatic heterocycles. The zero-order valence-electron chi connectivity index (χ0n) is 12.1. The van der Waals surface area contributed by atoms with Crippen molar-refractivity contribution in [1.82, 2.24) is 30.3 Å². The molecule has 2 aromatic heterocycles. The van der Waals surface area contributed by atoms with Gasteiger partial charge in [-0.15, -0.1) is 0 Å². The number of carbonyl (C=O) groups is 1. The third-order valence-electron chi connectivity index (χ3n) is 2.93. The van der Waals surface area contributed by atoms with Crippen LogP contribution < -0.4 is 0 Å². The van der Waals surface area contributed by atoms with Crippen molar-refractivity contribution in [1.29, 1.82) is 0 Å². The Kier molecular flexibility index (Phi) is 4.07. The first-order valence-corrected chi connectivity index (χ1v) is 6.47. The molecule has 20 heavy (non-hydrogen) atoms. The molecule has 0 unspecified atom stereocenters. The van der Waals surface area contributed by atoms with E-state index in [1.807, 2.05) is 20.8 Å². The van der Waals surface area contributed by atoms with E-state index in [-0.39, 0.29) is 5.91 Å². The van der Waals surface area contributed by atoms with Crippen molar-refractivity contribution < 1.29 is 4.79 Å². The molecular weight excluding hydrogens is 256 g/mol. The summed E-state index contributed by atoms with van der Waals surface area (Å²) in [6.45, 7) is 5.95. The van der Waals surface area contributed by atoms with E-state index < -0.39 is 0 Å². The molecule has 0 aliphatic carbocycles. The Morgan fingerprint density at radius 1 is 1.35 bits per heavy atom. The Labute approximate surface area is 117 Å². The lowest BCUT2D eigenvalue weighted by Gasteiger charge is -2.16. The van der Waals surface area contributed by atoms with Crippen LogP contribution in [-0.2, 0) is 13.0 Å². The Bertz CT molecular complexity index is 621. The number of nitrogens with one attached hydrogen (secondary N) is 1. The molecule has 2 rings (SSSR count). The quantitative estimate of drug-likeness (QED) is 0.900. The topological polar surface area (TPSA) is 87.7 Å². The predicted octanol–water partition coefficient (Wildman–Crippen LogP) is 1.05. The number of aromatic nitrogens is 5. The molecule has 7 heteroatoms. The summed E-state index contributed by atoms with van der Waals surface area (Å²) >= 11 is 0. The van der Waals surface area contributed by atoms with Gasteiger partial charge in [0.25, 0.3) is 5.91 Å². The van der Waals surface area contributed by atoms with Crippen LogP contribution in [0, 0.1) is 13.8 Å². The smallest absolute Gasteiger partial charge is 0.255 e. The number of carbonyl (C=O) groups excluding carboxylic acids is 1. The molecule has 0 radical (unpaired) electrons. The second kappa shape index (κ2) is 5.77. The van der Waals surface area contributed by atoms with Crippen molar-refractivity contribution in [2.45, 2.75) is 33.7 Å². The zero-order chi connectivity index (χ0) is 14.7. The SMILES string of the molecule is CCc1nnc(C)cc1C(=O)N(C)Cc1n[nH]c(C)n1. The molecule has 0 fully saturated rings. The molecule has 0 spiro atoms. The molecule has 1 N–H and O–H groups in total. The lowest BCUT2D eigenvalue weighted by atomic mass is 10.1. The highest BCUT2D eigenvalue weighted by Crippen LogP contribution is 2.11. The highest BCUT2D eigenvalue weighted by molar-refractivity contribution is 5.95. The lowest BCUT2D eigenvalue weighted by Crippen LogP contribution is -2.28. The number of hydrogen-bond acceptors (Lipinski definition) is 5. The van der Waals surface area contributed by atoms with Gasteiger partial charge < -0.3 is 4.90 Å². The number of aromatic amines is 1. The van der Waals surface area contributed by atoms with Gasteiger partial charge in [-0.25, -0.2) is 4.98 Å². The van der Waals surface area contributed by atoms with E-state index in [0.29, 0.717) is 30.0 Å². The number of H-pyrrole nitrogens is 1. The van der Waals surface area contributed by atoms with E-state index >= 15 is 0 Å². The average molecular weight is 274 g/mol. The van der Waals surface area contributed by atoms with Gasteiger partial charge in [-0.05, 0) is 26.3 Å². The summed E-state index contributed by atoms with van der Waals surface area (Å²) < 4.78 is 0. The fourth-order valence-electron chi connectivity index (χ4n) is 1.91. The van der Waals surface area contributed by atoms with E-state index in [0.717, 1.165) is 11.5 Å². The maximum Gasteiger partial charge on any atom is 0.255 e. The van der Waals surface area contributed by atoms with Crippen molar-refractivity contribution in [2.75, 3.05) is 7.05 Å². The molecule has 1 amide bonds. The summed E-state index contributed by atoms with van der Waals surface area (Å²) in [5, 5.41) is 14.9. The van der Waals surface area contributed by atoms with Crippen molar-refractivity contribution in [2.24, 2.45) is 0 Å². The summed E-state index contributed by atoms with van der Waals surface area (Å²) in [5.74, 6) is 1.23. The number of rotatable bonds is 4. The minimum atomic E-state index is -0.0951. The Morgan fingerprint density at radius 3 is 2.70 bits per heavy atom. The van der Waals surface area contributed by atoms with Crippen LogP contribution in [0.1, 0.15) is 40.3 Å². The molecule has 0 aliphatic rings. The van der Waals surface area contributed by atoms with E-state index in [2.05, 4.69) is 25.4 Å². The molecule has 0 aromatic carbocycles. The van der Waals surface area contributed by atoms with Crippen LogP contribution in [0.3, 0.4) is 0 Å². The molecule has 0 saturated heterocycles. The highest BCUT2D eigenvalue weighted by atomic mass is 16.2. The van der Waals surface area contributed by atoms with Crippen LogP contribution in [0.2, 0.25) is 0 Å². The van der Waals surface area contributed by atoms with E-state index in [1.165, 1.54) is 0 Å².